The van der Waals surface area contributed by atoms with Crippen LogP contribution in [0.1, 0.15) is 40.0 Å². The molecule has 1 saturated carbocycles. The molecule has 0 unspecified atom stereocenters. The number of carbonyl (C=O) groups excluding carboxylic acids is 2. The first-order valence-electron chi connectivity index (χ1n) is 11.9. The maximum atomic E-state index is 13.5. The summed E-state index contributed by atoms with van der Waals surface area (Å²) in [5, 5.41) is 0. The van der Waals surface area contributed by atoms with Gasteiger partial charge in [0, 0.05) is 5.69 Å². The topological polar surface area (TPSA) is 65.1 Å². The molecule has 0 N–H and O–H groups in total. The Kier molecular flexibility index (Phi) is 5.31. The Labute approximate surface area is 189 Å². The van der Waals surface area contributed by atoms with Crippen molar-refractivity contribution in [1.29, 1.82) is 0 Å². The molecule has 5 rings (SSSR count). The lowest BCUT2D eigenvalue weighted by Gasteiger charge is -2.37. The van der Waals surface area contributed by atoms with E-state index in [1.54, 1.807) is 12.0 Å². The first-order chi connectivity index (χ1) is 15.3. The van der Waals surface area contributed by atoms with Crippen molar-refractivity contribution in [1.82, 2.24) is 0 Å². The Morgan fingerprint density at radius 3 is 2.66 bits per heavy atom. The van der Waals surface area contributed by atoms with Gasteiger partial charge in [0.05, 0.1) is 25.7 Å². The summed E-state index contributed by atoms with van der Waals surface area (Å²) in [4.78, 5) is 28.7. The summed E-state index contributed by atoms with van der Waals surface area (Å²) in [7, 11) is 1.61. The highest BCUT2D eigenvalue weighted by atomic mass is 16.6. The van der Waals surface area contributed by atoms with Gasteiger partial charge in [-0.05, 0) is 54.9 Å². The van der Waals surface area contributed by atoms with Crippen molar-refractivity contribution in [3.8, 4) is 5.75 Å². The van der Waals surface area contributed by atoms with Crippen molar-refractivity contribution >= 4 is 17.6 Å². The Bertz CT molecular complexity index is 925. The molecule has 0 aromatic heterocycles. The number of carbonyl (C=O) groups is 2. The van der Waals surface area contributed by atoms with Gasteiger partial charge in [-0.25, -0.2) is 0 Å². The highest BCUT2D eigenvalue weighted by Crippen LogP contribution is 2.53. The minimum Gasteiger partial charge on any atom is -0.497 e. The minimum atomic E-state index is -0.747. The second kappa shape index (κ2) is 7.91. The Balaban J connectivity index is 1.37. The van der Waals surface area contributed by atoms with E-state index in [9.17, 15) is 9.59 Å². The summed E-state index contributed by atoms with van der Waals surface area (Å²) in [5.41, 5.74) is 0.0379. The van der Waals surface area contributed by atoms with Crippen LogP contribution >= 0.6 is 0 Å². The molecule has 3 fully saturated rings. The van der Waals surface area contributed by atoms with Crippen LogP contribution in [0.25, 0.3) is 0 Å². The molecule has 3 aliphatic heterocycles. The molecule has 2 bridgehead atoms. The van der Waals surface area contributed by atoms with Gasteiger partial charge in [0.1, 0.15) is 23.4 Å². The monoisotopic (exact) mass is 439 g/mol. The summed E-state index contributed by atoms with van der Waals surface area (Å²) >= 11 is 0. The number of fused-ring (bicyclic) bond motifs is 1. The highest BCUT2D eigenvalue weighted by Gasteiger charge is 2.67. The molecule has 1 aromatic rings. The Morgan fingerprint density at radius 1 is 1.22 bits per heavy atom. The third-order valence-corrected chi connectivity index (χ3v) is 7.99. The summed E-state index contributed by atoms with van der Waals surface area (Å²) in [6.45, 7) is 7.04. The Morgan fingerprint density at radius 2 is 1.97 bits per heavy atom. The van der Waals surface area contributed by atoms with Crippen LogP contribution in [0.3, 0.4) is 0 Å². The van der Waals surface area contributed by atoms with Crippen LogP contribution in [0.4, 0.5) is 5.69 Å². The number of anilines is 1. The van der Waals surface area contributed by atoms with Crippen LogP contribution in [-0.2, 0) is 19.1 Å². The van der Waals surface area contributed by atoms with Gasteiger partial charge in [0.15, 0.2) is 0 Å². The number of rotatable bonds is 5. The van der Waals surface area contributed by atoms with Crippen LogP contribution in [0.15, 0.2) is 36.4 Å². The van der Waals surface area contributed by atoms with E-state index in [1.165, 1.54) is 6.42 Å². The molecule has 32 heavy (non-hydrogen) atoms. The van der Waals surface area contributed by atoms with Crippen molar-refractivity contribution in [2.45, 2.75) is 57.8 Å². The van der Waals surface area contributed by atoms with Gasteiger partial charge < -0.3 is 19.1 Å². The number of esters is 1. The molecule has 2 saturated heterocycles. The van der Waals surface area contributed by atoms with E-state index in [-0.39, 0.29) is 24.1 Å². The number of ether oxygens (including phenoxy) is 3. The van der Waals surface area contributed by atoms with E-state index in [0.29, 0.717) is 24.3 Å². The van der Waals surface area contributed by atoms with Crippen LogP contribution in [0.2, 0.25) is 0 Å². The SMILES string of the molecule is COc1ccc(N2C[C@]34C=C[C@H](O3)[C@@H](C(=O)O[C@@H]3C[C@H](C)CC[C@H]3C(C)C)[C@@H]4C2=O)cc1. The van der Waals surface area contributed by atoms with Crippen LogP contribution < -0.4 is 9.64 Å². The lowest BCUT2D eigenvalue weighted by Crippen LogP contribution is -2.43. The van der Waals surface area contributed by atoms with Crippen molar-refractivity contribution < 1.29 is 23.8 Å². The average Bonchev–Trinajstić information content (AvgIpc) is 3.42. The van der Waals surface area contributed by atoms with Gasteiger partial charge in [-0.1, -0.05) is 39.3 Å². The molecule has 4 aliphatic rings. The van der Waals surface area contributed by atoms with Crippen molar-refractivity contribution in [2.75, 3.05) is 18.6 Å². The maximum Gasteiger partial charge on any atom is 0.313 e. The van der Waals surface area contributed by atoms with Gasteiger partial charge in [0.25, 0.3) is 0 Å². The van der Waals surface area contributed by atoms with Gasteiger partial charge in [-0.3, -0.25) is 9.59 Å². The van der Waals surface area contributed by atoms with Crippen molar-refractivity contribution in [3.05, 3.63) is 36.4 Å². The number of hydrogen-bond acceptors (Lipinski definition) is 5. The fraction of sp³-hybridized carbons (Fsp3) is 0.615. The molecular formula is C26H33NO5. The summed E-state index contributed by atoms with van der Waals surface area (Å²) in [6.07, 6.45) is 6.61. The van der Waals surface area contributed by atoms with E-state index in [2.05, 4.69) is 20.8 Å². The highest BCUT2D eigenvalue weighted by molar-refractivity contribution is 6.02. The van der Waals surface area contributed by atoms with Crippen LogP contribution in [-0.4, -0.2) is 43.3 Å². The second-order valence-corrected chi connectivity index (χ2v) is 10.3. The first-order valence-corrected chi connectivity index (χ1v) is 11.9. The summed E-state index contributed by atoms with van der Waals surface area (Å²) < 4.78 is 17.7. The first kappa shape index (κ1) is 21.5. The van der Waals surface area contributed by atoms with E-state index in [1.807, 2.05) is 36.4 Å². The van der Waals surface area contributed by atoms with Crippen molar-refractivity contribution in [3.63, 3.8) is 0 Å². The molecular weight excluding hydrogens is 406 g/mol. The zero-order chi connectivity index (χ0) is 22.6. The number of benzene rings is 1. The molecule has 1 amide bonds. The zero-order valence-electron chi connectivity index (χ0n) is 19.3. The molecule has 7 atom stereocenters. The average molecular weight is 440 g/mol. The molecule has 1 aliphatic carbocycles. The number of hydrogen-bond donors (Lipinski definition) is 0. The maximum absolute atomic E-state index is 13.5. The van der Waals surface area contributed by atoms with E-state index < -0.39 is 17.4 Å². The molecule has 6 heteroatoms. The fourth-order valence-electron chi connectivity index (χ4n) is 6.23. The quantitative estimate of drug-likeness (QED) is 0.513. The number of nitrogens with zero attached hydrogens (tertiary/aromatic N) is 1. The van der Waals surface area contributed by atoms with Gasteiger partial charge >= 0.3 is 5.97 Å². The summed E-state index contributed by atoms with van der Waals surface area (Å²) in [5.74, 6) is 0.645. The smallest absolute Gasteiger partial charge is 0.313 e. The normalized spacial score (nSPS) is 37.8. The molecule has 172 valence electrons. The predicted molar refractivity (Wildman–Crippen MR) is 120 cm³/mol. The molecule has 1 aromatic carbocycles. The molecule has 1 spiro atoms. The lowest BCUT2D eigenvalue weighted by molar-refractivity contribution is -0.164. The lowest BCUT2D eigenvalue weighted by atomic mass is 9.75. The number of methoxy groups -OCH3 is 1. The molecule has 0 radical (unpaired) electrons. The predicted octanol–water partition coefficient (Wildman–Crippen LogP) is 3.99. The standard InChI is InChI=1S/C26H33NO5/c1-15(2)19-10-5-16(3)13-21(19)31-25(29)22-20-11-12-26(32-20)14-27(24(28)23(22)26)17-6-8-18(30-4)9-7-17/h6-9,11-12,15-16,19-23H,5,10,13-14H2,1-4H3/t16-,19+,20+,21-,22-,23-,26+/m1/s1. The summed E-state index contributed by atoms with van der Waals surface area (Å²) in [6, 6.07) is 7.41. The zero-order valence-corrected chi connectivity index (χ0v) is 19.3. The third-order valence-electron chi connectivity index (χ3n) is 7.99. The largest absolute Gasteiger partial charge is 0.497 e. The third kappa shape index (κ3) is 3.35. The molecule has 3 heterocycles. The number of amides is 1. The van der Waals surface area contributed by atoms with E-state index in [4.69, 9.17) is 14.2 Å². The van der Waals surface area contributed by atoms with Gasteiger partial charge in [0.2, 0.25) is 5.91 Å². The van der Waals surface area contributed by atoms with Gasteiger partial charge in [-0.15, -0.1) is 0 Å². The van der Waals surface area contributed by atoms with Crippen molar-refractivity contribution in [2.24, 2.45) is 29.6 Å². The van der Waals surface area contributed by atoms with Crippen LogP contribution in [0.5, 0.6) is 5.75 Å². The van der Waals surface area contributed by atoms with E-state index in [0.717, 1.165) is 24.3 Å². The van der Waals surface area contributed by atoms with Gasteiger partial charge in [-0.2, -0.15) is 0 Å². The second-order valence-electron chi connectivity index (χ2n) is 10.3. The van der Waals surface area contributed by atoms with E-state index >= 15 is 0 Å². The minimum absolute atomic E-state index is 0.0682. The fourth-order valence-corrected chi connectivity index (χ4v) is 6.23. The van der Waals surface area contributed by atoms with Crippen LogP contribution in [0, 0.1) is 29.6 Å². The molecule has 6 nitrogen and oxygen atoms in total. The Hall–Kier alpha value is -2.34.